The number of hydrogen-bond acceptors (Lipinski definition) is 3. The first-order chi connectivity index (χ1) is 7.22. The lowest BCUT2D eigenvalue weighted by molar-refractivity contribution is -0.116. The molecule has 80 valence electrons. The summed E-state index contributed by atoms with van der Waals surface area (Å²) in [5.74, 6) is 5.75. The molecule has 15 heavy (non-hydrogen) atoms. The van der Waals surface area contributed by atoms with Crippen molar-refractivity contribution in [3.8, 4) is 11.8 Å². The molecule has 0 aliphatic heterocycles. The normalized spacial score (nSPS) is 9.20. The maximum atomic E-state index is 11.4. The molecule has 0 radical (unpaired) electrons. The van der Waals surface area contributed by atoms with Crippen molar-refractivity contribution in [2.45, 2.75) is 33.1 Å². The number of unbranched alkanes of at least 4 members (excludes halogenated alkanes) is 1. The van der Waals surface area contributed by atoms with Crippen LogP contribution in [0.4, 0.5) is 5.13 Å². The largest absolute Gasteiger partial charge is 0.302 e. The molecule has 0 unspecified atom stereocenters. The highest BCUT2D eigenvalue weighted by atomic mass is 32.1. The van der Waals surface area contributed by atoms with Crippen LogP contribution in [-0.4, -0.2) is 10.9 Å². The van der Waals surface area contributed by atoms with Crippen molar-refractivity contribution in [2.24, 2.45) is 0 Å². The Morgan fingerprint density at radius 1 is 1.67 bits per heavy atom. The van der Waals surface area contributed by atoms with Crippen molar-refractivity contribution in [1.29, 1.82) is 0 Å². The molecule has 0 aliphatic carbocycles. The molecule has 4 heteroatoms. The topological polar surface area (TPSA) is 42.0 Å². The van der Waals surface area contributed by atoms with Crippen molar-refractivity contribution >= 4 is 22.4 Å². The van der Waals surface area contributed by atoms with Crippen LogP contribution in [0, 0.1) is 18.8 Å². The molecule has 0 spiro atoms. The van der Waals surface area contributed by atoms with E-state index in [0.29, 0.717) is 11.6 Å². The predicted molar refractivity (Wildman–Crippen MR) is 62.8 cm³/mol. The van der Waals surface area contributed by atoms with Gasteiger partial charge in [0.2, 0.25) is 5.91 Å². The third kappa shape index (κ3) is 4.61. The molecule has 0 bridgehead atoms. The van der Waals surface area contributed by atoms with Crippen LogP contribution in [0.2, 0.25) is 0 Å². The lowest BCUT2D eigenvalue weighted by Crippen LogP contribution is -2.10. The van der Waals surface area contributed by atoms with Gasteiger partial charge in [-0.2, -0.15) is 0 Å². The summed E-state index contributed by atoms with van der Waals surface area (Å²) in [6, 6.07) is 0. The Labute approximate surface area is 93.9 Å². The maximum Gasteiger partial charge on any atom is 0.226 e. The second-order valence-corrected chi connectivity index (χ2v) is 3.98. The Hall–Kier alpha value is -1.34. The van der Waals surface area contributed by atoms with E-state index in [1.54, 1.807) is 6.92 Å². The third-order valence-corrected chi connectivity index (χ3v) is 2.62. The van der Waals surface area contributed by atoms with Gasteiger partial charge < -0.3 is 5.32 Å². The molecule has 1 heterocycles. The molecule has 0 saturated heterocycles. The van der Waals surface area contributed by atoms with E-state index in [0.717, 1.165) is 18.5 Å². The Morgan fingerprint density at radius 2 is 2.47 bits per heavy atom. The number of aryl methyl sites for hydroxylation is 1. The van der Waals surface area contributed by atoms with E-state index >= 15 is 0 Å². The number of aromatic nitrogens is 1. The molecule has 1 rings (SSSR count). The highest BCUT2D eigenvalue weighted by molar-refractivity contribution is 7.13. The van der Waals surface area contributed by atoms with E-state index < -0.39 is 0 Å². The van der Waals surface area contributed by atoms with Gasteiger partial charge in [-0.15, -0.1) is 23.2 Å². The van der Waals surface area contributed by atoms with E-state index in [4.69, 9.17) is 0 Å². The average Bonchev–Trinajstić information content (AvgIpc) is 2.59. The van der Waals surface area contributed by atoms with Gasteiger partial charge in [0.15, 0.2) is 5.13 Å². The fraction of sp³-hybridized carbons (Fsp3) is 0.455. The maximum absolute atomic E-state index is 11.4. The van der Waals surface area contributed by atoms with Crippen LogP contribution < -0.4 is 5.32 Å². The molecule has 3 nitrogen and oxygen atoms in total. The van der Waals surface area contributed by atoms with Crippen LogP contribution in [0.1, 0.15) is 31.9 Å². The zero-order valence-electron chi connectivity index (χ0n) is 8.96. The number of carbonyl (C=O) groups excluding carboxylic acids is 1. The highest BCUT2D eigenvalue weighted by Gasteiger charge is 2.03. The molecule has 0 aliphatic rings. The molecule has 0 aromatic carbocycles. The van der Waals surface area contributed by atoms with Gasteiger partial charge in [0, 0.05) is 18.2 Å². The predicted octanol–water partition coefficient (Wildman–Crippen LogP) is 2.58. The average molecular weight is 222 g/mol. The molecular weight excluding hydrogens is 208 g/mol. The summed E-state index contributed by atoms with van der Waals surface area (Å²) in [5, 5.41) is 5.35. The standard InChI is InChI=1S/C11H14N2OS/c1-3-4-5-6-7-10(14)13-11-12-9(2)8-15-11/h8H,5-7H2,1-2H3,(H,12,13,14). The zero-order valence-corrected chi connectivity index (χ0v) is 9.78. The molecule has 1 aromatic heterocycles. The Kier molecular flexibility index (Phi) is 4.85. The minimum absolute atomic E-state index is 0.0160. The smallest absolute Gasteiger partial charge is 0.226 e. The van der Waals surface area contributed by atoms with Crippen LogP contribution in [0.15, 0.2) is 5.38 Å². The van der Waals surface area contributed by atoms with Gasteiger partial charge in [0.05, 0.1) is 5.69 Å². The first kappa shape index (κ1) is 11.7. The summed E-state index contributed by atoms with van der Waals surface area (Å²) in [4.78, 5) is 15.5. The molecule has 1 aromatic rings. The van der Waals surface area contributed by atoms with Crippen molar-refractivity contribution < 1.29 is 4.79 Å². The summed E-state index contributed by atoms with van der Waals surface area (Å²) in [6.45, 7) is 3.71. The quantitative estimate of drug-likeness (QED) is 0.628. The number of carbonyl (C=O) groups is 1. The fourth-order valence-corrected chi connectivity index (χ4v) is 1.76. The number of nitrogens with zero attached hydrogens (tertiary/aromatic N) is 1. The first-order valence-corrected chi connectivity index (χ1v) is 5.72. The minimum Gasteiger partial charge on any atom is -0.302 e. The summed E-state index contributed by atoms with van der Waals surface area (Å²) >= 11 is 1.45. The van der Waals surface area contributed by atoms with Crippen LogP contribution in [-0.2, 0) is 4.79 Å². The molecule has 0 fully saturated rings. The van der Waals surface area contributed by atoms with Crippen molar-refractivity contribution in [3.05, 3.63) is 11.1 Å². The molecule has 0 saturated carbocycles. The van der Waals surface area contributed by atoms with Crippen molar-refractivity contribution in [1.82, 2.24) is 4.98 Å². The Morgan fingerprint density at radius 3 is 3.07 bits per heavy atom. The first-order valence-electron chi connectivity index (χ1n) is 4.84. The van der Waals surface area contributed by atoms with E-state index in [9.17, 15) is 4.79 Å². The number of nitrogens with one attached hydrogen (secondary N) is 1. The fourth-order valence-electron chi connectivity index (χ4n) is 1.06. The van der Waals surface area contributed by atoms with E-state index in [-0.39, 0.29) is 5.91 Å². The Balaban J connectivity index is 2.26. The molecular formula is C11H14N2OS. The summed E-state index contributed by atoms with van der Waals surface area (Å²) in [5.41, 5.74) is 0.937. The summed E-state index contributed by atoms with van der Waals surface area (Å²) < 4.78 is 0. The third-order valence-electron chi connectivity index (χ3n) is 1.75. The van der Waals surface area contributed by atoms with Gasteiger partial charge in [-0.05, 0) is 20.3 Å². The second-order valence-electron chi connectivity index (χ2n) is 3.12. The van der Waals surface area contributed by atoms with Crippen molar-refractivity contribution in [3.63, 3.8) is 0 Å². The van der Waals surface area contributed by atoms with Gasteiger partial charge in [-0.3, -0.25) is 4.79 Å². The molecule has 1 N–H and O–H groups in total. The molecule has 0 atom stereocenters. The Bertz CT molecular complexity index is 387. The lowest BCUT2D eigenvalue weighted by atomic mass is 10.2. The van der Waals surface area contributed by atoms with Crippen LogP contribution in [0.5, 0.6) is 0 Å². The number of thiazole rings is 1. The zero-order chi connectivity index (χ0) is 11.1. The lowest BCUT2D eigenvalue weighted by Gasteiger charge is -1.98. The monoisotopic (exact) mass is 222 g/mol. The van der Waals surface area contributed by atoms with Gasteiger partial charge in [-0.1, -0.05) is 0 Å². The minimum atomic E-state index is 0.0160. The summed E-state index contributed by atoms with van der Waals surface area (Å²) in [7, 11) is 0. The van der Waals surface area contributed by atoms with E-state index in [2.05, 4.69) is 22.1 Å². The van der Waals surface area contributed by atoms with Crippen LogP contribution in [0.3, 0.4) is 0 Å². The van der Waals surface area contributed by atoms with Crippen LogP contribution >= 0.6 is 11.3 Å². The molecule has 1 amide bonds. The van der Waals surface area contributed by atoms with E-state index in [1.807, 2.05) is 12.3 Å². The SMILES string of the molecule is CC#CCCCC(=O)Nc1nc(C)cs1. The van der Waals surface area contributed by atoms with Crippen molar-refractivity contribution in [2.75, 3.05) is 5.32 Å². The van der Waals surface area contributed by atoms with E-state index in [1.165, 1.54) is 11.3 Å². The second kappa shape index (κ2) is 6.20. The van der Waals surface area contributed by atoms with Gasteiger partial charge in [0.25, 0.3) is 0 Å². The summed E-state index contributed by atoms with van der Waals surface area (Å²) in [6.07, 6.45) is 2.09. The van der Waals surface area contributed by atoms with Gasteiger partial charge >= 0.3 is 0 Å². The number of rotatable bonds is 4. The van der Waals surface area contributed by atoms with Crippen LogP contribution in [0.25, 0.3) is 0 Å². The number of amides is 1. The van der Waals surface area contributed by atoms with Gasteiger partial charge in [0.1, 0.15) is 0 Å². The highest BCUT2D eigenvalue weighted by Crippen LogP contribution is 2.14. The van der Waals surface area contributed by atoms with Gasteiger partial charge in [-0.25, -0.2) is 4.98 Å². The number of anilines is 1. The number of hydrogen-bond donors (Lipinski definition) is 1.